The molecule has 0 amide bonds. The number of rotatable bonds is 4. The Morgan fingerprint density at radius 3 is 2.67 bits per heavy atom. The van der Waals surface area contributed by atoms with Crippen LogP contribution in [0.5, 0.6) is 0 Å². The van der Waals surface area contributed by atoms with Gasteiger partial charge in [-0.25, -0.2) is 0 Å². The summed E-state index contributed by atoms with van der Waals surface area (Å²) in [7, 11) is 0. The largest absolute Gasteiger partial charge is 0.379 e. The minimum absolute atomic E-state index is 0.543. The van der Waals surface area contributed by atoms with E-state index in [1.54, 1.807) is 0 Å². The van der Waals surface area contributed by atoms with Gasteiger partial charge >= 0.3 is 0 Å². The predicted molar refractivity (Wildman–Crippen MR) is 75.9 cm³/mol. The summed E-state index contributed by atoms with van der Waals surface area (Å²) in [6.45, 7) is 9.87. The number of nitrogens with one attached hydrogen (secondary N) is 2. The number of morpholine rings is 1. The minimum atomic E-state index is 0.543. The van der Waals surface area contributed by atoms with Crippen molar-refractivity contribution in [3.63, 3.8) is 0 Å². The summed E-state index contributed by atoms with van der Waals surface area (Å²) in [5.74, 6) is 0. The van der Waals surface area contributed by atoms with E-state index in [1.807, 2.05) is 0 Å². The van der Waals surface area contributed by atoms with Gasteiger partial charge < -0.3 is 15.4 Å². The van der Waals surface area contributed by atoms with E-state index in [-0.39, 0.29) is 0 Å². The molecule has 3 heteroatoms. The lowest BCUT2D eigenvalue weighted by Gasteiger charge is -2.36. The molecule has 2 N–H and O–H groups in total. The van der Waals surface area contributed by atoms with Crippen LogP contribution >= 0.6 is 0 Å². The van der Waals surface area contributed by atoms with Crippen LogP contribution in [0.15, 0.2) is 0 Å². The zero-order chi connectivity index (χ0) is 13.0. The highest BCUT2D eigenvalue weighted by atomic mass is 16.5. The lowest BCUT2D eigenvalue weighted by atomic mass is 9.75. The van der Waals surface area contributed by atoms with Crippen LogP contribution in [0.3, 0.4) is 0 Å². The van der Waals surface area contributed by atoms with Gasteiger partial charge in [-0.2, -0.15) is 0 Å². The summed E-state index contributed by atoms with van der Waals surface area (Å²) >= 11 is 0. The van der Waals surface area contributed by atoms with Gasteiger partial charge in [0.1, 0.15) is 0 Å². The van der Waals surface area contributed by atoms with Gasteiger partial charge in [-0.1, -0.05) is 13.8 Å². The fraction of sp³-hybridized carbons (Fsp3) is 1.00. The molecule has 1 aliphatic carbocycles. The zero-order valence-corrected chi connectivity index (χ0v) is 12.3. The summed E-state index contributed by atoms with van der Waals surface area (Å²) < 4.78 is 5.51. The van der Waals surface area contributed by atoms with Gasteiger partial charge in [0.2, 0.25) is 0 Å². The van der Waals surface area contributed by atoms with Crippen molar-refractivity contribution >= 4 is 0 Å². The van der Waals surface area contributed by atoms with Crippen molar-refractivity contribution in [2.75, 3.05) is 19.8 Å². The highest BCUT2D eigenvalue weighted by molar-refractivity contribution is 4.85. The van der Waals surface area contributed by atoms with E-state index in [0.29, 0.717) is 17.5 Å². The summed E-state index contributed by atoms with van der Waals surface area (Å²) in [5, 5.41) is 7.34. The minimum Gasteiger partial charge on any atom is -0.379 e. The summed E-state index contributed by atoms with van der Waals surface area (Å²) in [5.41, 5.74) is 0.570. The first kappa shape index (κ1) is 14.3. The molecule has 0 radical (unpaired) electrons. The van der Waals surface area contributed by atoms with E-state index < -0.39 is 0 Å². The fourth-order valence-corrected chi connectivity index (χ4v) is 3.23. The van der Waals surface area contributed by atoms with Crippen molar-refractivity contribution in [3.05, 3.63) is 0 Å². The lowest BCUT2D eigenvalue weighted by Crippen LogP contribution is -2.47. The zero-order valence-electron chi connectivity index (χ0n) is 12.3. The van der Waals surface area contributed by atoms with Crippen molar-refractivity contribution in [2.24, 2.45) is 5.41 Å². The Morgan fingerprint density at radius 1 is 1.33 bits per heavy atom. The van der Waals surface area contributed by atoms with Gasteiger partial charge in [0.05, 0.1) is 13.2 Å². The van der Waals surface area contributed by atoms with Crippen LogP contribution in [0.1, 0.15) is 52.9 Å². The van der Waals surface area contributed by atoms with E-state index >= 15 is 0 Å². The van der Waals surface area contributed by atoms with Gasteiger partial charge in [0.25, 0.3) is 0 Å². The average Bonchev–Trinajstić information content (AvgIpc) is 2.33. The van der Waals surface area contributed by atoms with Crippen LogP contribution in [0.25, 0.3) is 0 Å². The third-order valence-electron chi connectivity index (χ3n) is 4.50. The van der Waals surface area contributed by atoms with Crippen LogP contribution in [0.4, 0.5) is 0 Å². The Balaban J connectivity index is 1.66. The Hall–Kier alpha value is -0.120. The van der Waals surface area contributed by atoms with Crippen LogP contribution in [-0.2, 0) is 4.74 Å². The first-order chi connectivity index (χ1) is 8.55. The third-order valence-corrected chi connectivity index (χ3v) is 4.50. The molecule has 3 nitrogen and oxygen atoms in total. The molecule has 1 saturated heterocycles. The molecule has 2 rings (SSSR count). The molecule has 0 aromatic heterocycles. The van der Waals surface area contributed by atoms with Crippen molar-refractivity contribution in [2.45, 2.75) is 71.0 Å². The second-order valence-electron chi connectivity index (χ2n) is 6.97. The molecular weight excluding hydrogens is 224 g/mol. The number of hydrogen-bond acceptors (Lipinski definition) is 3. The van der Waals surface area contributed by atoms with Crippen LogP contribution in [0.2, 0.25) is 0 Å². The molecule has 0 aromatic rings. The maximum absolute atomic E-state index is 5.51. The van der Waals surface area contributed by atoms with Crippen molar-refractivity contribution in [1.82, 2.24) is 10.6 Å². The third kappa shape index (κ3) is 4.52. The van der Waals surface area contributed by atoms with Gasteiger partial charge in [0, 0.05) is 24.7 Å². The molecule has 18 heavy (non-hydrogen) atoms. The molecule has 2 atom stereocenters. The standard InChI is InChI=1S/C15H30N2O/c1-12(10-14-11-18-9-8-16-14)17-13-4-6-15(2,3)7-5-13/h12-14,16-17H,4-11H2,1-3H3. The summed E-state index contributed by atoms with van der Waals surface area (Å²) in [6, 6.07) is 1.87. The Bertz CT molecular complexity index is 239. The molecule has 106 valence electrons. The monoisotopic (exact) mass is 254 g/mol. The maximum atomic E-state index is 5.51. The average molecular weight is 254 g/mol. The van der Waals surface area contributed by atoms with Crippen molar-refractivity contribution in [1.29, 1.82) is 0 Å². The SMILES string of the molecule is CC(CC1COCCN1)NC1CCC(C)(C)CC1. The van der Waals surface area contributed by atoms with Crippen LogP contribution in [0, 0.1) is 5.41 Å². The first-order valence-electron chi connectivity index (χ1n) is 7.62. The summed E-state index contributed by atoms with van der Waals surface area (Å²) in [6.07, 6.45) is 6.59. The van der Waals surface area contributed by atoms with Crippen LogP contribution < -0.4 is 10.6 Å². The molecule has 0 bridgehead atoms. The van der Waals surface area contributed by atoms with Crippen molar-refractivity contribution < 1.29 is 4.74 Å². The second kappa shape index (κ2) is 6.36. The van der Waals surface area contributed by atoms with Gasteiger partial charge in [-0.05, 0) is 44.4 Å². The highest BCUT2D eigenvalue weighted by Crippen LogP contribution is 2.35. The first-order valence-corrected chi connectivity index (χ1v) is 7.62. The maximum Gasteiger partial charge on any atom is 0.0620 e. The van der Waals surface area contributed by atoms with E-state index in [9.17, 15) is 0 Å². The molecule has 1 saturated carbocycles. The van der Waals surface area contributed by atoms with Crippen molar-refractivity contribution in [3.8, 4) is 0 Å². The number of ether oxygens (including phenoxy) is 1. The molecule has 1 heterocycles. The Kier molecular flexibility index (Phi) is 5.05. The molecule has 0 aromatic carbocycles. The topological polar surface area (TPSA) is 33.3 Å². The van der Waals surface area contributed by atoms with Crippen LogP contribution in [-0.4, -0.2) is 37.9 Å². The molecular formula is C15H30N2O. The fourth-order valence-electron chi connectivity index (χ4n) is 3.23. The normalized spacial score (nSPS) is 31.2. The highest BCUT2D eigenvalue weighted by Gasteiger charge is 2.27. The molecule has 1 aliphatic heterocycles. The number of hydrogen-bond donors (Lipinski definition) is 2. The molecule has 2 aliphatic rings. The lowest BCUT2D eigenvalue weighted by molar-refractivity contribution is 0.0700. The van der Waals surface area contributed by atoms with Gasteiger partial charge in [0.15, 0.2) is 0 Å². The second-order valence-corrected chi connectivity index (χ2v) is 6.97. The molecule has 2 unspecified atom stereocenters. The smallest absolute Gasteiger partial charge is 0.0620 e. The van der Waals surface area contributed by atoms with E-state index in [2.05, 4.69) is 31.4 Å². The quantitative estimate of drug-likeness (QED) is 0.808. The Morgan fingerprint density at radius 2 is 2.06 bits per heavy atom. The Labute approximate surface area is 112 Å². The molecule has 0 spiro atoms. The van der Waals surface area contributed by atoms with E-state index in [1.165, 1.54) is 32.1 Å². The molecule has 2 fully saturated rings. The van der Waals surface area contributed by atoms with E-state index in [4.69, 9.17) is 4.74 Å². The van der Waals surface area contributed by atoms with Gasteiger partial charge in [-0.3, -0.25) is 0 Å². The predicted octanol–water partition coefficient (Wildman–Crippen LogP) is 2.31. The summed E-state index contributed by atoms with van der Waals surface area (Å²) in [4.78, 5) is 0. The van der Waals surface area contributed by atoms with E-state index in [0.717, 1.165) is 25.8 Å². The van der Waals surface area contributed by atoms with Gasteiger partial charge in [-0.15, -0.1) is 0 Å².